The lowest BCUT2D eigenvalue weighted by molar-refractivity contribution is -0.127. The monoisotopic (exact) mass is 262 g/mol. The molecule has 1 saturated carbocycles. The first-order valence-corrected chi connectivity index (χ1v) is 6.87. The summed E-state index contributed by atoms with van der Waals surface area (Å²) >= 11 is 0. The molecule has 1 amide bonds. The molecule has 0 aromatic heterocycles. The lowest BCUT2D eigenvalue weighted by Crippen LogP contribution is -2.44. The van der Waals surface area contributed by atoms with Crippen molar-refractivity contribution >= 4 is 11.6 Å². The van der Waals surface area contributed by atoms with Crippen molar-refractivity contribution in [2.24, 2.45) is 17.1 Å². The van der Waals surface area contributed by atoms with Crippen LogP contribution < -0.4 is 11.1 Å². The predicted octanol–water partition coefficient (Wildman–Crippen LogP) is 2.49. The van der Waals surface area contributed by atoms with Gasteiger partial charge >= 0.3 is 0 Å². The topological polar surface area (TPSA) is 75.4 Å². The Hall–Kier alpha value is -1.55. The highest BCUT2D eigenvalue weighted by atomic mass is 16.3. The second-order valence-corrected chi connectivity index (χ2v) is 5.64. The van der Waals surface area contributed by atoms with Crippen molar-refractivity contribution in [3.63, 3.8) is 0 Å². The molecule has 0 radical (unpaired) electrons. The average Bonchev–Trinajstić information content (AvgIpc) is 2.42. The molecule has 1 aliphatic carbocycles. The van der Waals surface area contributed by atoms with E-state index in [0.717, 1.165) is 25.7 Å². The van der Waals surface area contributed by atoms with Crippen molar-refractivity contribution < 1.29 is 9.90 Å². The van der Waals surface area contributed by atoms with Gasteiger partial charge in [0.25, 0.3) is 0 Å². The molecule has 4 heteroatoms. The summed E-state index contributed by atoms with van der Waals surface area (Å²) < 4.78 is 0. The summed E-state index contributed by atoms with van der Waals surface area (Å²) in [6.07, 6.45) is 3.71. The number of amides is 1. The minimum atomic E-state index is -0.477. The molecule has 104 valence electrons. The Balaban J connectivity index is 2.12. The molecule has 1 aromatic rings. The molecule has 0 saturated heterocycles. The normalized spacial score (nSPS) is 26.9. The van der Waals surface area contributed by atoms with Gasteiger partial charge in [-0.25, -0.2) is 0 Å². The van der Waals surface area contributed by atoms with E-state index in [-0.39, 0.29) is 11.7 Å². The van der Waals surface area contributed by atoms with E-state index in [1.54, 1.807) is 24.3 Å². The number of carbonyl (C=O) groups excluding carboxylic acids is 1. The minimum absolute atomic E-state index is 0.0663. The number of carbonyl (C=O) groups is 1. The van der Waals surface area contributed by atoms with Gasteiger partial charge in [-0.3, -0.25) is 4.79 Å². The van der Waals surface area contributed by atoms with Crippen LogP contribution in [-0.2, 0) is 4.79 Å². The SMILES string of the molecule is CC1CCC(CN)(C(=O)Nc2ccccc2O)CC1. The number of rotatable bonds is 3. The number of para-hydroxylation sites is 2. The Bertz CT molecular complexity index is 451. The number of hydrogen-bond donors (Lipinski definition) is 3. The Morgan fingerprint density at radius 3 is 2.63 bits per heavy atom. The van der Waals surface area contributed by atoms with Gasteiger partial charge in [0, 0.05) is 6.54 Å². The van der Waals surface area contributed by atoms with Crippen LogP contribution in [0.5, 0.6) is 5.75 Å². The zero-order valence-electron chi connectivity index (χ0n) is 11.4. The number of aromatic hydroxyl groups is 1. The molecule has 1 fully saturated rings. The minimum Gasteiger partial charge on any atom is -0.506 e. The lowest BCUT2D eigenvalue weighted by Gasteiger charge is -2.37. The van der Waals surface area contributed by atoms with E-state index in [1.807, 2.05) is 0 Å². The maximum absolute atomic E-state index is 12.5. The van der Waals surface area contributed by atoms with Gasteiger partial charge in [-0.1, -0.05) is 19.1 Å². The fraction of sp³-hybridized carbons (Fsp3) is 0.533. The van der Waals surface area contributed by atoms with Gasteiger partial charge in [0.2, 0.25) is 5.91 Å². The largest absolute Gasteiger partial charge is 0.506 e. The number of nitrogens with one attached hydrogen (secondary N) is 1. The Kier molecular flexibility index (Phi) is 4.10. The molecule has 0 heterocycles. The Morgan fingerprint density at radius 2 is 2.05 bits per heavy atom. The maximum atomic E-state index is 12.5. The van der Waals surface area contributed by atoms with E-state index in [2.05, 4.69) is 12.2 Å². The van der Waals surface area contributed by atoms with Crippen LogP contribution >= 0.6 is 0 Å². The molecular formula is C15H22N2O2. The molecule has 19 heavy (non-hydrogen) atoms. The van der Waals surface area contributed by atoms with Gasteiger partial charge in [-0.2, -0.15) is 0 Å². The highest BCUT2D eigenvalue weighted by Gasteiger charge is 2.39. The summed E-state index contributed by atoms with van der Waals surface area (Å²) in [6, 6.07) is 6.77. The number of phenols is 1. The summed E-state index contributed by atoms with van der Waals surface area (Å²) in [6.45, 7) is 2.57. The van der Waals surface area contributed by atoms with Crippen LogP contribution in [0.25, 0.3) is 0 Å². The van der Waals surface area contributed by atoms with Crippen LogP contribution in [0, 0.1) is 11.3 Å². The van der Waals surface area contributed by atoms with E-state index in [1.165, 1.54) is 0 Å². The Morgan fingerprint density at radius 1 is 1.42 bits per heavy atom. The van der Waals surface area contributed by atoms with Gasteiger partial charge in [0.05, 0.1) is 11.1 Å². The molecule has 0 spiro atoms. The first-order valence-electron chi connectivity index (χ1n) is 6.87. The second kappa shape index (κ2) is 5.61. The van der Waals surface area contributed by atoms with Crippen LogP contribution in [0.1, 0.15) is 32.6 Å². The number of benzene rings is 1. The summed E-state index contributed by atoms with van der Waals surface area (Å²) in [5, 5.41) is 12.5. The molecular weight excluding hydrogens is 240 g/mol. The van der Waals surface area contributed by atoms with E-state index in [9.17, 15) is 9.90 Å². The van der Waals surface area contributed by atoms with E-state index < -0.39 is 5.41 Å². The number of nitrogens with two attached hydrogens (primary N) is 1. The van der Waals surface area contributed by atoms with Crippen LogP contribution in [0.2, 0.25) is 0 Å². The van der Waals surface area contributed by atoms with E-state index >= 15 is 0 Å². The Labute approximate surface area is 114 Å². The van der Waals surface area contributed by atoms with Crippen molar-refractivity contribution in [2.45, 2.75) is 32.6 Å². The zero-order chi connectivity index (χ0) is 13.9. The summed E-state index contributed by atoms with van der Waals surface area (Å²) in [5.74, 6) is 0.688. The quantitative estimate of drug-likeness (QED) is 0.732. The van der Waals surface area contributed by atoms with Crippen molar-refractivity contribution in [1.29, 1.82) is 0 Å². The third kappa shape index (κ3) is 2.89. The van der Waals surface area contributed by atoms with Gasteiger partial charge in [-0.05, 0) is 43.7 Å². The third-order valence-electron chi connectivity index (χ3n) is 4.26. The number of anilines is 1. The first kappa shape index (κ1) is 13.9. The number of phenolic OH excluding ortho intramolecular Hbond substituents is 1. The zero-order valence-corrected chi connectivity index (χ0v) is 11.4. The molecule has 2 rings (SSSR count). The second-order valence-electron chi connectivity index (χ2n) is 5.64. The maximum Gasteiger partial charge on any atom is 0.231 e. The van der Waals surface area contributed by atoms with Gasteiger partial charge < -0.3 is 16.2 Å². The number of hydrogen-bond acceptors (Lipinski definition) is 3. The standard InChI is InChI=1S/C15H22N2O2/c1-11-6-8-15(10-16,9-7-11)14(19)17-12-4-2-3-5-13(12)18/h2-5,11,18H,6-10,16H2,1H3,(H,17,19). The van der Waals surface area contributed by atoms with Crippen LogP contribution in [-0.4, -0.2) is 17.6 Å². The van der Waals surface area contributed by atoms with Gasteiger partial charge in [0.15, 0.2) is 0 Å². The van der Waals surface area contributed by atoms with Gasteiger partial charge in [-0.15, -0.1) is 0 Å². The van der Waals surface area contributed by atoms with Crippen LogP contribution in [0.4, 0.5) is 5.69 Å². The summed E-state index contributed by atoms with van der Waals surface area (Å²) in [4.78, 5) is 12.5. The first-order chi connectivity index (χ1) is 9.07. The molecule has 0 bridgehead atoms. The van der Waals surface area contributed by atoms with E-state index in [0.29, 0.717) is 18.2 Å². The molecule has 0 unspecified atom stereocenters. The molecule has 0 atom stereocenters. The van der Waals surface area contributed by atoms with Gasteiger partial charge in [0.1, 0.15) is 5.75 Å². The van der Waals surface area contributed by atoms with Crippen LogP contribution in [0.3, 0.4) is 0 Å². The van der Waals surface area contributed by atoms with Crippen LogP contribution in [0.15, 0.2) is 24.3 Å². The van der Waals surface area contributed by atoms with Crippen molar-refractivity contribution in [3.05, 3.63) is 24.3 Å². The molecule has 1 aromatic carbocycles. The van der Waals surface area contributed by atoms with Crippen molar-refractivity contribution in [3.8, 4) is 5.75 Å². The highest BCUT2D eigenvalue weighted by molar-refractivity contribution is 5.96. The summed E-state index contributed by atoms with van der Waals surface area (Å²) in [7, 11) is 0. The average molecular weight is 262 g/mol. The van der Waals surface area contributed by atoms with Crippen molar-refractivity contribution in [2.75, 3.05) is 11.9 Å². The summed E-state index contributed by atoms with van der Waals surface area (Å²) in [5.41, 5.74) is 5.83. The third-order valence-corrected chi connectivity index (χ3v) is 4.26. The highest BCUT2D eigenvalue weighted by Crippen LogP contribution is 2.39. The van der Waals surface area contributed by atoms with E-state index in [4.69, 9.17) is 5.73 Å². The predicted molar refractivity (Wildman–Crippen MR) is 75.9 cm³/mol. The fourth-order valence-electron chi connectivity index (χ4n) is 2.67. The molecule has 4 N–H and O–H groups in total. The molecule has 0 aliphatic heterocycles. The fourth-order valence-corrected chi connectivity index (χ4v) is 2.67. The lowest BCUT2D eigenvalue weighted by atomic mass is 9.70. The molecule has 4 nitrogen and oxygen atoms in total. The van der Waals surface area contributed by atoms with Crippen molar-refractivity contribution in [1.82, 2.24) is 0 Å². The molecule has 1 aliphatic rings. The smallest absolute Gasteiger partial charge is 0.231 e.